The average Bonchev–Trinajstić information content (AvgIpc) is 3.49. The lowest BCUT2D eigenvalue weighted by atomic mass is 9.94. The number of benzene rings is 2. The maximum atomic E-state index is 13.2. The molecule has 8 nitrogen and oxygen atoms in total. The van der Waals surface area contributed by atoms with Gasteiger partial charge < -0.3 is 24.0 Å². The molecule has 1 N–H and O–H groups in total. The van der Waals surface area contributed by atoms with Crippen LogP contribution in [-0.2, 0) is 16.1 Å². The van der Waals surface area contributed by atoms with E-state index in [0.717, 1.165) is 6.42 Å². The molecule has 35 heavy (non-hydrogen) atoms. The summed E-state index contributed by atoms with van der Waals surface area (Å²) in [5.41, 5.74) is 1.12. The number of ether oxygens (including phenoxy) is 2. The Morgan fingerprint density at radius 2 is 1.86 bits per heavy atom. The molecule has 1 fully saturated rings. The van der Waals surface area contributed by atoms with E-state index in [4.69, 9.17) is 9.47 Å². The number of imidazole rings is 1. The quantitative estimate of drug-likeness (QED) is 0.268. The molecule has 0 aliphatic carbocycles. The third kappa shape index (κ3) is 5.06. The summed E-state index contributed by atoms with van der Waals surface area (Å²) in [5, 5.41) is 11.3. The zero-order chi connectivity index (χ0) is 24.8. The van der Waals surface area contributed by atoms with Crippen LogP contribution in [0.25, 0.3) is 5.76 Å². The lowest BCUT2D eigenvalue weighted by molar-refractivity contribution is -0.140. The van der Waals surface area contributed by atoms with Gasteiger partial charge in [0.1, 0.15) is 17.3 Å². The minimum atomic E-state index is -0.773. The predicted molar refractivity (Wildman–Crippen MR) is 131 cm³/mol. The van der Waals surface area contributed by atoms with Crippen LogP contribution in [0.1, 0.15) is 36.9 Å². The van der Waals surface area contributed by atoms with Gasteiger partial charge in [-0.1, -0.05) is 25.1 Å². The monoisotopic (exact) mass is 475 g/mol. The van der Waals surface area contributed by atoms with Crippen molar-refractivity contribution in [1.29, 1.82) is 0 Å². The third-order valence-corrected chi connectivity index (χ3v) is 5.95. The van der Waals surface area contributed by atoms with Crippen LogP contribution in [0, 0.1) is 0 Å². The van der Waals surface area contributed by atoms with Crippen LogP contribution >= 0.6 is 0 Å². The van der Waals surface area contributed by atoms with Crippen molar-refractivity contribution in [3.63, 3.8) is 0 Å². The van der Waals surface area contributed by atoms with Gasteiger partial charge in [0.2, 0.25) is 0 Å². The van der Waals surface area contributed by atoms with Gasteiger partial charge in [0, 0.05) is 36.6 Å². The fourth-order valence-corrected chi connectivity index (χ4v) is 4.25. The summed E-state index contributed by atoms with van der Waals surface area (Å²) >= 11 is 0. The van der Waals surface area contributed by atoms with Crippen LogP contribution in [0.5, 0.6) is 11.5 Å². The smallest absolute Gasteiger partial charge is 0.295 e. The molecule has 1 atom stereocenters. The first-order chi connectivity index (χ1) is 17.0. The van der Waals surface area contributed by atoms with Crippen molar-refractivity contribution in [3.05, 3.63) is 84.0 Å². The van der Waals surface area contributed by atoms with Crippen molar-refractivity contribution in [2.45, 2.75) is 32.4 Å². The molecule has 2 heterocycles. The molecule has 3 aromatic rings. The second-order valence-corrected chi connectivity index (χ2v) is 8.26. The molecule has 0 radical (unpaired) electrons. The molecular formula is C27H29N3O5. The molecule has 1 aromatic heterocycles. The van der Waals surface area contributed by atoms with E-state index in [1.807, 2.05) is 35.9 Å². The van der Waals surface area contributed by atoms with Gasteiger partial charge in [-0.25, -0.2) is 4.98 Å². The van der Waals surface area contributed by atoms with Crippen molar-refractivity contribution in [3.8, 4) is 11.5 Å². The lowest BCUT2D eigenvalue weighted by Crippen LogP contribution is -2.31. The van der Waals surface area contributed by atoms with Crippen molar-refractivity contribution in [1.82, 2.24) is 14.5 Å². The van der Waals surface area contributed by atoms with Crippen LogP contribution in [0.2, 0.25) is 0 Å². The molecule has 2 aromatic carbocycles. The predicted octanol–water partition coefficient (Wildman–Crippen LogP) is 4.19. The summed E-state index contributed by atoms with van der Waals surface area (Å²) in [6.07, 6.45) is 6.74. The molecule has 1 aliphatic heterocycles. The highest BCUT2D eigenvalue weighted by Gasteiger charge is 2.46. The first-order valence-electron chi connectivity index (χ1n) is 11.7. The number of aromatic nitrogens is 2. The average molecular weight is 476 g/mol. The summed E-state index contributed by atoms with van der Waals surface area (Å²) in [5.74, 6) is -0.375. The number of carbonyl (C=O) groups excluding carboxylic acids is 2. The van der Waals surface area contributed by atoms with E-state index in [1.54, 1.807) is 50.0 Å². The number of aryl methyl sites for hydroxylation is 1. The second kappa shape index (κ2) is 10.9. The highest BCUT2D eigenvalue weighted by molar-refractivity contribution is 6.46. The van der Waals surface area contributed by atoms with E-state index in [1.165, 1.54) is 4.90 Å². The highest BCUT2D eigenvalue weighted by atomic mass is 16.5. The number of rotatable bonds is 10. The van der Waals surface area contributed by atoms with Gasteiger partial charge >= 0.3 is 0 Å². The zero-order valence-electron chi connectivity index (χ0n) is 19.9. The van der Waals surface area contributed by atoms with E-state index < -0.39 is 17.7 Å². The van der Waals surface area contributed by atoms with E-state index in [2.05, 4.69) is 4.98 Å². The SMILES string of the molecule is CCCOc1ccc(/C(O)=C2\C(=O)C(=O)N(CCCn3ccnc3)C2c2ccccc2OC)cc1. The Balaban J connectivity index is 1.72. The number of ketones is 1. The van der Waals surface area contributed by atoms with E-state index in [0.29, 0.717) is 48.7 Å². The maximum absolute atomic E-state index is 13.2. The molecule has 1 saturated heterocycles. The first kappa shape index (κ1) is 24.1. The molecule has 1 unspecified atom stereocenters. The number of methoxy groups -OCH3 is 1. The molecule has 1 aliphatic rings. The number of hydrogen-bond acceptors (Lipinski definition) is 6. The summed E-state index contributed by atoms with van der Waals surface area (Å²) in [6.45, 7) is 3.57. The summed E-state index contributed by atoms with van der Waals surface area (Å²) in [6, 6.07) is 13.3. The fraction of sp³-hybridized carbons (Fsp3) is 0.296. The van der Waals surface area contributed by atoms with Crippen LogP contribution < -0.4 is 9.47 Å². The number of aliphatic hydroxyl groups excluding tert-OH is 1. The van der Waals surface area contributed by atoms with Gasteiger partial charge in [0.05, 0.1) is 31.7 Å². The number of carbonyl (C=O) groups is 2. The van der Waals surface area contributed by atoms with Gasteiger partial charge in [0.15, 0.2) is 0 Å². The number of amides is 1. The third-order valence-electron chi connectivity index (χ3n) is 5.95. The minimum absolute atomic E-state index is 0.0457. The number of Topliss-reactive ketones (excluding diaryl/α,β-unsaturated/α-hetero) is 1. The van der Waals surface area contributed by atoms with Gasteiger partial charge in [0.25, 0.3) is 11.7 Å². The molecule has 182 valence electrons. The van der Waals surface area contributed by atoms with Gasteiger partial charge in [-0.2, -0.15) is 0 Å². The molecular weight excluding hydrogens is 446 g/mol. The topological polar surface area (TPSA) is 93.9 Å². The van der Waals surface area contributed by atoms with Crippen molar-refractivity contribution >= 4 is 17.4 Å². The molecule has 8 heteroatoms. The maximum Gasteiger partial charge on any atom is 0.295 e. The van der Waals surface area contributed by atoms with Gasteiger partial charge in [-0.05, 0) is 43.2 Å². The van der Waals surface area contributed by atoms with Crippen molar-refractivity contribution in [2.75, 3.05) is 20.3 Å². The summed E-state index contributed by atoms with van der Waals surface area (Å²) < 4.78 is 13.1. The molecule has 4 rings (SSSR count). The largest absolute Gasteiger partial charge is 0.507 e. The number of hydrogen-bond donors (Lipinski definition) is 1. The molecule has 0 bridgehead atoms. The first-order valence-corrected chi connectivity index (χ1v) is 11.7. The molecule has 0 spiro atoms. The van der Waals surface area contributed by atoms with Crippen LogP contribution in [-0.4, -0.2) is 51.5 Å². The molecule has 0 saturated carbocycles. The Labute approximate surface area is 204 Å². The summed E-state index contributed by atoms with van der Waals surface area (Å²) in [4.78, 5) is 31.9. The normalized spacial score (nSPS) is 17.1. The Morgan fingerprint density at radius 3 is 2.54 bits per heavy atom. The Morgan fingerprint density at radius 1 is 1.09 bits per heavy atom. The second-order valence-electron chi connectivity index (χ2n) is 8.26. The zero-order valence-corrected chi connectivity index (χ0v) is 19.9. The van der Waals surface area contributed by atoms with Crippen LogP contribution in [0.3, 0.4) is 0 Å². The Hall–Kier alpha value is -4.07. The van der Waals surface area contributed by atoms with Gasteiger partial charge in [-0.3, -0.25) is 9.59 Å². The van der Waals surface area contributed by atoms with Crippen molar-refractivity contribution < 1.29 is 24.2 Å². The van der Waals surface area contributed by atoms with E-state index in [9.17, 15) is 14.7 Å². The number of aliphatic hydroxyl groups is 1. The van der Waals surface area contributed by atoms with E-state index in [-0.39, 0.29) is 11.3 Å². The van der Waals surface area contributed by atoms with Crippen LogP contribution in [0.15, 0.2) is 72.8 Å². The minimum Gasteiger partial charge on any atom is -0.507 e. The fourth-order valence-electron chi connectivity index (χ4n) is 4.25. The number of likely N-dealkylation sites (tertiary alicyclic amines) is 1. The van der Waals surface area contributed by atoms with Crippen molar-refractivity contribution in [2.24, 2.45) is 0 Å². The highest BCUT2D eigenvalue weighted by Crippen LogP contribution is 2.42. The van der Waals surface area contributed by atoms with Crippen LogP contribution in [0.4, 0.5) is 0 Å². The standard InChI is InChI=1S/C27H29N3O5/c1-3-17-35-20-11-9-19(10-12-20)25(31)23-24(21-7-4-5-8-22(21)34-2)30(27(33)26(23)32)15-6-14-29-16-13-28-18-29/h4-5,7-13,16,18,24,31H,3,6,14-15,17H2,1-2H3/b25-23+. The number of para-hydroxylation sites is 1. The number of nitrogens with zero attached hydrogens (tertiary/aromatic N) is 3. The molecule has 1 amide bonds. The van der Waals surface area contributed by atoms with Gasteiger partial charge in [-0.15, -0.1) is 0 Å². The summed E-state index contributed by atoms with van der Waals surface area (Å²) in [7, 11) is 1.54. The van der Waals surface area contributed by atoms with E-state index >= 15 is 0 Å². The Bertz CT molecular complexity index is 1200. The Kier molecular flexibility index (Phi) is 7.50. The lowest BCUT2D eigenvalue weighted by Gasteiger charge is -2.26.